The van der Waals surface area contributed by atoms with E-state index >= 15 is 0 Å². The van der Waals surface area contributed by atoms with Crippen LogP contribution in [0.15, 0.2) is 60.7 Å². The van der Waals surface area contributed by atoms with E-state index in [1.54, 1.807) is 0 Å². The molecule has 2 saturated heterocycles. The van der Waals surface area contributed by atoms with Crippen molar-refractivity contribution in [2.75, 3.05) is 13.2 Å². The molecule has 5 nitrogen and oxygen atoms in total. The number of benzene rings is 2. The summed E-state index contributed by atoms with van der Waals surface area (Å²) in [6.07, 6.45) is 4.62. The van der Waals surface area contributed by atoms with Gasteiger partial charge < -0.3 is 10.2 Å². The molecule has 0 radical (unpaired) electrons. The molecule has 28 heavy (non-hydrogen) atoms. The number of nitrogens with one attached hydrogen (secondary N) is 2. The quantitative estimate of drug-likeness (QED) is 0.785. The molecule has 2 atom stereocenters. The number of piperidine rings is 1. The van der Waals surface area contributed by atoms with Gasteiger partial charge >= 0.3 is 6.03 Å². The Labute approximate surface area is 166 Å². The summed E-state index contributed by atoms with van der Waals surface area (Å²) in [5.41, 5.74) is 0.432. The van der Waals surface area contributed by atoms with Gasteiger partial charge in [-0.1, -0.05) is 67.6 Å². The summed E-state index contributed by atoms with van der Waals surface area (Å²) in [5, 5.41) is 3.05. The van der Waals surface area contributed by atoms with Crippen LogP contribution in [0.5, 0.6) is 0 Å². The highest BCUT2D eigenvalue weighted by Crippen LogP contribution is 2.35. The zero-order valence-corrected chi connectivity index (χ0v) is 16.4. The lowest BCUT2D eigenvalue weighted by Crippen LogP contribution is -3.18. The number of rotatable bonds is 5. The van der Waals surface area contributed by atoms with Crippen LogP contribution in [0.3, 0.4) is 0 Å². The van der Waals surface area contributed by atoms with Gasteiger partial charge in [-0.25, -0.2) is 9.69 Å². The molecule has 0 saturated carbocycles. The van der Waals surface area contributed by atoms with E-state index in [1.165, 1.54) is 16.2 Å². The maximum Gasteiger partial charge on any atom is 0.330 e. The predicted octanol–water partition coefficient (Wildman–Crippen LogP) is 2.29. The summed E-state index contributed by atoms with van der Waals surface area (Å²) in [4.78, 5) is 29.5. The Morgan fingerprint density at radius 1 is 1.00 bits per heavy atom. The Morgan fingerprint density at radius 2 is 1.61 bits per heavy atom. The molecule has 1 unspecified atom stereocenters. The number of likely N-dealkylation sites (tertiary alicyclic amines) is 1. The average molecular weight is 378 g/mol. The largest absolute Gasteiger partial charge is 0.330 e. The number of nitrogens with zero attached hydrogens (tertiary/aromatic N) is 1. The van der Waals surface area contributed by atoms with Gasteiger partial charge in [0.25, 0.3) is 5.91 Å². The number of carbonyl (C=O) groups is 2. The summed E-state index contributed by atoms with van der Waals surface area (Å²) >= 11 is 0. The van der Waals surface area contributed by atoms with Crippen molar-refractivity contribution in [3.05, 3.63) is 71.8 Å². The monoisotopic (exact) mass is 378 g/mol. The van der Waals surface area contributed by atoms with Crippen molar-refractivity contribution in [2.45, 2.75) is 44.2 Å². The third-order valence-electron chi connectivity index (χ3n) is 6.25. The van der Waals surface area contributed by atoms with Crippen molar-refractivity contribution in [3.8, 4) is 0 Å². The Bertz CT molecular complexity index is 798. The van der Waals surface area contributed by atoms with Gasteiger partial charge in [0.05, 0.1) is 12.6 Å². The molecule has 2 aliphatic heterocycles. The lowest BCUT2D eigenvalue weighted by molar-refractivity contribution is -0.937. The molecular formula is C23H28N3O2+. The van der Waals surface area contributed by atoms with Gasteiger partial charge in [-0.05, 0) is 36.8 Å². The first-order chi connectivity index (χ1) is 13.7. The number of quaternary nitrogens is 1. The summed E-state index contributed by atoms with van der Waals surface area (Å²) in [6.45, 7) is 3.64. The Kier molecular flexibility index (Phi) is 5.18. The molecule has 2 N–H and O–H groups in total. The van der Waals surface area contributed by atoms with Crippen LogP contribution in [0.25, 0.3) is 0 Å². The van der Waals surface area contributed by atoms with Crippen molar-refractivity contribution >= 4 is 11.9 Å². The van der Waals surface area contributed by atoms with Gasteiger partial charge in [0.1, 0.15) is 0 Å². The number of hydrogen-bond acceptors (Lipinski definition) is 2. The average Bonchev–Trinajstić information content (AvgIpc) is 3.01. The molecule has 2 aromatic carbocycles. The first-order valence-corrected chi connectivity index (χ1v) is 10.3. The Morgan fingerprint density at radius 3 is 2.18 bits per heavy atom. The fourth-order valence-electron chi connectivity index (χ4n) is 4.71. The van der Waals surface area contributed by atoms with E-state index in [0.717, 1.165) is 36.9 Å². The summed E-state index contributed by atoms with van der Waals surface area (Å²) < 4.78 is 0. The molecule has 4 rings (SSSR count). The maximum absolute atomic E-state index is 13.7. The standard InChI is InChI=1S/C23H27N3O2/c1-2-20-15-9-10-16-25(20)17-26-21(27)23(24-22(26)28,18-11-5-3-6-12-18)19-13-7-4-8-14-19/h3-8,11-14,20H,2,9-10,15-17H2,1H3,(H,24,28)/p+1/t20-/m1/s1. The number of hydrogen-bond donors (Lipinski definition) is 2. The molecule has 5 heteroatoms. The second-order valence-electron chi connectivity index (χ2n) is 7.81. The van der Waals surface area contributed by atoms with E-state index in [1.807, 2.05) is 60.7 Å². The van der Waals surface area contributed by atoms with Gasteiger partial charge in [-0.15, -0.1) is 0 Å². The van der Waals surface area contributed by atoms with Crippen molar-refractivity contribution in [3.63, 3.8) is 0 Å². The molecular weight excluding hydrogens is 350 g/mol. The van der Waals surface area contributed by atoms with E-state index < -0.39 is 5.54 Å². The molecule has 2 fully saturated rings. The highest BCUT2D eigenvalue weighted by Gasteiger charge is 2.54. The first-order valence-electron chi connectivity index (χ1n) is 10.3. The second-order valence-corrected chi connectivity index (χ2v) is 7.81. The molecule has 0 aromatic heterocycles. The minimum atomic E-state index is -1.16. The SMILES string of the molecule is CC[C@@H]1CCCC[NH+]1CN1C(=O)NC(c2ccccc2)(c2ccccc2)C1=O. The molecule has 0 bridgehead atoms. The lowest BCUT2D eigenvalue weighted by Gasteiger charge is -2.34. The highest BCUT2D eigenvalue weighted by atomic mass is 16.2. The summed E-state index contributed by atoms with van der Waals surface area (Å²) in [5.74, 6) is -0.178. The first kappa shape index (κ1) is 18.7. The van der Waals surface area contributed by atoms with E-state index in [4.69, 9.17) is 0 Å². The number of amides is 3. The molecule has 2 aromatic rings. The van der Waals surface area contributed by atoms with E-state index in [2.05, 4.69) is 12.2 Å². The van der Waals surface area contributed by atoms with Crippen LogP contribution in [0.2, 0.25) is 0 Å². The van der Waals surface area contributed by atoms with Crippen molar-refractivity contribution in [1.82, 2.24) is 10.2 Å². The van der Waals surface area contributed by atoms with Gasteiger partial charge in [-0.3, -0.25) is 4.79 Å². The van der Waals surface area contributed by atoms with Crippen LogP contribution >= 0.6 is 0 Å². The summed E-state index contributed by atoms with van der Waals surface area (Å²) in [6, 6.07) is 19.3. The number of urea groups is 1. The third kappa shape index (κ3) is 3.10. The minimum absolute atomic E-state index is 0.178. The van der Waals surface area contributed by atoms with Gasteiger partial charge in [0, 0.05) is 0 Å². The zero-order valence-electron chi connectivity index (χ0n) is 16.4. The molecule has 2 aliphatic rings. The smallest absolute Gasteiger partial charge is 0.315 e. The Hall–Kier alpha value is -2.66. The van der Waals surface area contributed by atoms with Crippen molar-refractivity contribution < 1.29 is 14.5 Å². The molecule has 2 heterocycles. The Balaban J connectivity index is 1.71. The molecule has 0 spiro atoms. The van der Waals surface area contributed by atoms with E-state index in [-0.39, 0.29) is 11.9 Å². The van der Waals surface area contributed by atoms with Crippen LogP contribution < -0.4 is 10.2 Å². The summed E-state index contributed by atoms with van der Waals surface area (Å²) in [7, 11) is 0. The van der Waals surface area contributed by atoms with Crippen LogP contribution in [0.4, 0.5) is 4.79 Å². The van der Waals surface area contributed by atoms with E-state index in [9.17, 15) is 9.59 Å². The van der Waals surface area contributed by atoms with Gasteiger partial charge in [-0.2, -0.15) is 0 Å². The van der Waals surface area contributed by atoms with E-state index in [0.29, 0.717) is 12.7 Å². The predicted molar refractivity (Wildman–Crippen MR) is 108 cm³/mol. The highest BCUT2D eigenvalue weighted by molar-refractivity contribution is 6.09. The number of imide groups is 1. The van der Waals surface area contributed by atoms with Crippen LogP contribution in [-0.2, 0) is 10.3 Å². The second kappa shape index (κ2) is 7.76. The van der Waals surface area contributed by atoms with Crippen molar-refractivity contribution in [2.24, 2.45) is 0 Å². The normalized spacial score (nSPS) is 24.2. The van der Waals surface area contributed by atoms with Gasteiger partial charge in [0.2, 0.25) is 0 Å². The molecule has 0 aliphatic carbocycles. The molecule has 146 valence electrons. The zero-order chi connectivity index (χ0) is 19.6. The van der Waals surface area contributed by atoms with Crippen LogP contribution in [0.1, 0.15) is 43.7 Å². The third-order valence-corrected chi connectivity index (χ3v) is 6.25. The van der Waals surface area contributed by atoms with Crippen LogP contribution in [0, 0.1) is 0 Å². The fraction of sp³-hybridized carbons (Fsp3) is 0.391. The molecule has 3 amide bonds. The van der Waals surface area contributed by atoms with Crippen molar-refractivity contribution in [1.29, 1.82) is 0 Å². The minimum Gasteiger partial charge on any atom is -0.315 e. The van der Waals surface area contributed by atoms with Gasteiger partial charge in [0.15, 0.2) is 12.2 Å². The number of carbonyl (C=O) groups excluding carboxylic acids is 2. The van der Waals surface area contributed by atoms with Crippen LogP contribution in [-0.4, -0.2) is 36.1 Å². The lowest BCUT2D eigenvalue weighted by atomic mass is 9.83. The maximum atomic E-state index is 13.7. The topological polar surface area (TPSA) is 53.9 Å². The fourth-order valence-corrected chi connectivity index (χ4v) is 4.71.